The third-order valence-electron chi connectivity index (χ3n) is 6.14. The van der Waals surface area contributed by atoms with E-state index in [2.05, 4.69) is 44.1 Å². The molecule has 1 aromatic heterocycles. The number of carbonyl (C=O) groups excluding carboxylic acids is 1. The molecule has 1 fully saturated rings. The minimum Gasteiger partial charge on any atom is -0.492 e. The number of aryl methyl sites for hydroxylation is 2. The van der Waals surface area contributed by atoms with Gasteiger partial charge in [0.15, 0.2) is 5.11 Å². The van der Waals surface area contributed by atoms with Crippen molar-refractivity contribution in [3.05, 3.63) is 99.8 Å². The minimum atomic E-state index is -0.165. The van der Waals surface area contributed by atoms with E-state index in [1.54, 1.807) is 4.90 Å². The number of carbonyl (C=O) groups is 1. The Kier molecular flexibility index (Phi) is 6.45. The molecular formula is C28H24BrN3O2S. The summed E-state index contributed by atoms with van der Waals surface area (Å²) in [7, 11) is 0. The number of hydrogen-bond acceptors (Lipinski definition) is 3. The third-order valence-corrected chi connectivity index (χ3v) is 6.92. The number of fused-ring (bicyclic) bond motifs is 1. The molecule has 1 aliphatic heterocycles. The number of hydrogen-bond donors (Lipinski definition) is 1. The van der Waals surface area contributed by atoms with E-state index in [9.17, 15) is 4.79 Å². The van der Waals surface area contributed by atoms with Crippen LogP contribution in [0.2, 0.25) is 0 Å². The fraction of sp³-hybridized carbons (Fsp3) is 0.143. The van der Waals surface area contributed by atoms with Crippen molar-refractivity contribution in [3.63, 3.8) is 0 Å². The first-order valence-electron chi connectivity index (χ1n) is 11.3. The van der Waals surface area contributed by atoms with Crippen LogP contribution in [0.3, 0.4) is 0 Å². The van der Waals surface area contributed by atoms with E-state index < -0.39 is 0 Å². The summed E-state index contributed by atoms with van der Waals surface area (Å²) in [6, 6.07) is 21.8. The molecule has 0 radical (unpaired) electrons. The number of halogens is 1. The van der Waals surface area contributed by atoms with Gasteiger partial charge >= 0.3 is 0 Å². The van der Waals surface area contributed by atoms with E-state index in [1.807, 2.05) is 74.5 Å². The summed E-state index contributed by atoms with van der Waals surface area (Å²) in [5, 5.41) is 4.53. The van der Waals surface area contributed by atoms with E-state index in [-0.39, 0.29) is 5.91 Å². The van der Waals surface area contributed by atoms with Crippen LogP contribution in [-0.2, 0) is 11.3 Å². The average molecular weight is 546 g/mol. The maximum absolute atomic E-state index is 13.3. The summed E-state index contributed by atoms with van der Waals surface area (Å²) in [4.78, 5) is 14.9. The number of nitrogens with zero attached hydrogens (tertiary/aromatic N) is 2. The number of thiocarbonyl (C=S) groups is 1. The van der Waals surface area contributed by atoms with Crippen LogP contribution in [-0.4, -0.2) is 22.2 Å². The zero-order chi connectivity index (χ0) is 24.5. The summed E-state index contributed by atoms with van der Waals surface area (Å²) in [5.74, 6) is 0.677. The number of anilines is 1. The van der Waals surface area contributed by atoms with E-state index in [4.69, 9.17) is 17.0 Å². The van der Waals surface area contributed by atoms with Crippen molar-refractivity contribution in [1.29, 1.82) is 0 Å². The molecule has 0 saturated carbocycles. The van der Waals surface area contributed by atoms with Crippen molar-refractivity contribution in [1.82, 2.24) is 9.88 Å². The number of benzene rings is 3. The lowest BCUT2D eigenvalue weighted by Crippen LogP contribution is -2.30. The Morgan fingerprint density at radius 3 is 2.60 bits per heavy atom. The zero-order valence-corrected chi connectivity index (χ0v) is 21.8. The van der Waals surface area contributed by atoms with Gasteiger partial charge in [-0.3, -0.25) is 9.69 Å². The van der Waals surface area contributed by atoms with Gasteiger partial charge < -0.3 is 14.6 Å². The van der Waals surface area contributed by atoms with E-state index in [1.165, 1.54) is 5.56 Å². The Labute approximate surface area is 218 Å². The lowest BCUT2D eigenvalue weighted by Gasteiger charge is -2.15. The molecule has 1 saturated heterocycles. The number of nitrogens with one attached hydrogen (secondary N) is 1. The fourth-order valence-corrected chi connectivity index (χ4v) is 4.82. The summed E-state index contributed by atoms with van der Waals surface area (Å²) in [6.07, 6.45) is 3.92. The van der Waals surface area contributed by atoms with E-state index in [0.717, 1.165) is 37.9 Å². The van der Waals surface area contributed by atoms with Crippen LogP contribution in [0.4, 0.5) is 5.69 Å². The number of aromatic nitrogens is 1. The Morgan fingerprint density at radius 1 is 1.03 bits per heavy atom. The molecule has 0 spiro atoms. The van der Waals surface area contributed by atoms with Gasteiger partial charge in [0.05, 0.1) is 12.2 Å². The molecule has 1 N–H and O–H groups in total. The third kappa shape index (κ3) is 4.74. The first-order chi connectivity index (χ1) is 16.9. The molecule has 35 heavy (non-hydrogen) atoms. The summed E-state index contributed by atoms with van der Waals surface area (Å²) in [6.45, 7) is 5.28. The average Bonchev–Trinajstić information content (AvgIpc) is 3.32. The molecule has 0 atom stereocenters. The van der Waals surface area contributed by atoms with E-state index in [0.29, 0.717) is 24.0 Å². The molecule has 3 aromatic carbocycles. The molecule has 4 aromatic rings. The van der Waals surface area contributed by atoms with Gasteiger partial charge in [-0.05, 0) is 85.7 Å². The predicted octanol–water partition coefficient (Wildman–Crippen LogP) is 6.36. The first kappa shape index (κ1) is 23.3. The molecule has 5 nitrogen and oxygen atoms in total. The normalized spacial score (nSPS) is 14.7. The fourth-order valence-electron chi connectivity index (χ4n) is 4.17. The summed E-state index contributed by atoms with van der Waals surface area (Å²) >= 11 is 9.10. The molecule has 0 bridgehead atoms. The van der Waals surface area contributed by atoms with Gasteiger partial charge in [0.2, 0.25) is 0 Å². The second-order valence-electron chi connectivity index (χ2n) is 8.50. The van der Waals surface area contributed by atoms with Crippen LogP contribution in [0.5, 0.6) is 5.75 Å². The standard InChI is InChI=1S/C28H24BrN3O2S/c1-18-8-10-22(14-19(18)2)32-27(33)25(30-28(32)35)15-20-17-31(26-11-9-21(29)16-24(20)26)12-13-34-23-6-4-3-5-7-23/h3-11,14-17H,12-13H2,1-2H3,(H,30,35)/b25-15-. The highest BCUT2D eigenvalue weighted by atomic mass is 79.9. The van der Waals surface area contributed by atoms with Crippen molar-refractivity contribution in [2.45, 2.75) is 20.4 Å². The largest absolute Gasteiger partial charge is 0.492 e. The number of amides is 1. The Bertz CT molecular complexity index is 1480. The van der Waals surface area contributed by atoms with Crippen molar-refractivity contribution in [2.24, 2.45) is 0 Å². The van der Waals surface area contributed by atoms with Crippen LogP contribution in [0.1, 0.15) is 16.7 Å². The predicted molar refractivity (Wildman–Crippen MR) is 149 cm³/mol. The molecule has 176 valence electrons. The lowest BCUT2D eigenvalue weighted by molar-refractivity contribution is -0.113. The minimum absolute atomic E-state index is 0.165. The Balaban J connectivity index is 1.44. The monoisotopic (exact) mass is 545 g/mol. The first-order valence-corrected chi connectivity index (χ1v) is 12.5. The van der Waals surface area contributed by atoms with Gasteiger partial charge in [0.1, 0.15) is 18.1 Å². The molecule has 1 aliphatic rings. The van der Waals surface area contributed by atoms with Crippen molar-refractivity contribution < 1.29 is 9.53 Å². The number of ether oxygens (including phenoxy) is 1. The topological polar surface area (TPSA) is 46.5 Å². The summed E-state index contributed by atoms with van der Waals surface area (Å²) in [5.41, 5.74) is 5.50. The second-order valence-corrected chi connectivity index (χ2v) is 9.80. The molecule has 5 rings (SSSR count). The lowest BCUT2D eigenvalue weighted by atomic mass is 10.1. The molecule has 7 heteroatoms. The quantitative estimate of drug-likeness (QED) is 0.226. The highest BCUT2D eigenvalue weighted by Crippen LogP contribution is 2.29. The second kappa shape index (κ2) is 9.68. The van der Waals surface area contributed by atoms with Gasteiger partial charge in [-0.1, -0.05) is 40.2 Å². The SMILES string of the molecule is Cc1ccc(N2C(=O)/C(=C/c3cn(CCOc4ccccc4)c4ccc(Br)cc34)NC2=S)cc1C. The van der Waals surface area contributed by atoms with Crippen molar-refractivity contribution >= 4 is 61.8 Å². The van der Waals surface area contributed by atoms with Gasteiger partial charge in [-0.15, -0.1) is 0 Å². The molecule has 0 aliphatic carbocycles. The van der Waals surface area contributed by atoms with Crippen LogP contribution >= 0.6 is 28.1 Å². The zero-order valence-electron chi connectivity index (χ0n) is 19.4. The summed E-state index contributed by atoms with van der Waals surface area (Å²) < 4.78 is 9.02. The van der Waals surface area contributed by atoms with Crippen molar-refractivity contribution in [3.8, 4) is 5.75 Å². The molecule has 0 unspecified atom stereocenters. The maximum Gasteiger partial charge on any atom is 0.281 e. The molecule has 2 heterocycles. The molecule has 1 amide bonds. The smallest absolute Gasteiger partial charge is 0.281 e. The van der Waals surface area contributed by atoms with Crippen LogP contribution in [0, 0.1) is 13.8 Å². The van der Waals surface area contributed by atoms with Crippen LogP contribution < -0.4 is 15.0 Å². The van der Waals surface area contributed by atoms with Gasteiger partial charge in [-0.25, -0.2) is 0 Å². The highest BCUT2D eigenvalue weighted by Gasteiger charge is 2.32. The van der Waals surface area contributed by atoms with Gasteiger partial charge in [-0.2, -0.15) is 0 Å². The van der Waals surface area contributed by atoms with Gasteiger partial charge in [0, 0.05) is 27.1 Å². The Hall–Kier alpha value is -3.42. The van der Waals surface area contributed by atoms with Gasteiger partial charge in [0.25, 0.3) is 5.91 Å². The highest BCUT2D eigenvalue weighted by molar-refractivity contribution is 9.10. The number of rotatable bonds is 6. The van der Waals surface area contributed by atoms with Crippen molar-refractivity contribution in [2.75, 3.05) is 11.5 Å². The van der Waals surface area contributed by atoms with Crippen LogP contribution in [0.25, 0.3) is 17.0 Å². The Morgan fingerprint density at radius 2 is 1.83 bits per heavy atom. The van der Waals surface area contributed by atoms with E-state index >= 15 is 0 Å². The number of para-hydroxylation sites is 1. The molecular weight excluding hydrogens is 522 g/mol. The van der Waals surface area contributed by atoms with Crippen LogP contribution in [0.15, 0.2) is 83.1 Å². The maximum atomic E-state index is 13.3.